The average molecular weight is 748 g/mol. The van der Waals surface area contributed by atoms with Crippen molar-refractivity contribution in [2.75, 3.05) is 0 Å². The minimum absolute atomic E-state index is 0.0824. The summed E-state index contributed by atoms with van der Waals surface area (Å²) in [6.07, 6.45) is 0. The van der Waals surface area contributed by atoms with Gasteiger partial charge in [-0.25, -0.2) is 0 Å². The van der Waals surface area contributed by atoms with E-state index in [4.69, 9.17) is 4.42 Å². The van der Waals surface area contributed by atoms with Crippen LogP contribution in [-0.4, -0.2) is 126 Å². The molecule has 268 valence electrons. The number of fused-ring (bicyclic) bond motifs is 9. The van der Waals surface area contributed by atoms with E-state index >= 15 is 0 Å². The molecule has 1 nitrogen and oxygen atoms in total. The maximum absolute atomic E-state index is 6.61. The molecule has 60 heavy (non-hydrogen) atoms. The Kier molecular flexibility index (Phi) is 8.85. The van der Waals surface area contributed by atoms with E-state index in [0.717, 1.165) is 11.2 Å². The molecule has 0 unspecified atom stereocenters. The molecule has 0 aliphatic heterocycles. The molecule has 0 bridgehead atoms. The Balaban J connectivity index is 1.47. The summed E-state index contributed by atoms with van der Waals surface area (Å²) in [4.78, 5) is 0. The van der Waals surface area contributed by atoms with Crippen molar-refractivity contribution in [1.82, 2.24) is 0 Å². The van der Waals surface area contributed by atoms with Crippen LogP contribution in [-0.2, 0) is 0 Å². The SMILES string of the molecule is Bc1c(B)c(B)c2c(c1B)-c1c(B)c(B)c(B)c(B)c1C2c1c2c(B)c(B)c(B)c(B)c2c(-c2ccc3oc4cc5ccccc5cc4c3c2)c2c(B)c(B)c(B)c(B)c12. The first kappa shape index (κ1) is 39.5. The Morgan fingerprint density at radius 3 is 1.20 bits per heavy atom. The van der Waals surface area contributed by atoms with Crippen LogP contribution >= 0.6 is 0 Å². The third-order valence-corrected chi connectivity index (χ3v) is 16.6. The normalized spacial score (nSPS) is 12.7. The van der Waals surface area contributed by atoms with Gasteiger partial charge in [0.25, 0.3) is 0 Å². The molecule has 1 aliphatic rings. The smallest absolute Gasteiger partial charge is 0.139 e. The Bertz CT molecular complexity index is 3370. The summed E-state index contributed by atoms with van der Waals surface area (Å²) < 4.78 is 6.61. The van der Waals surface area contributed by atoms with Crippen LogP contribution < -0.4 is 87.4 Å². The highest BCUT2D eigenvalue weighted by Gasteiger charge is 2.39. The minimum atomic E-state index is 0.0824. The van der Waals surface area contributed by atoms with Crippen molar-refractivity contribution in [3.63, 3.8) is 0 Å². The molecule has 0 amide bonds. The summed E-state index contributed by atoms with van der Waals surface area (Å²) in [5, 5.41) is 10.4. The van der Waals surface area contributed by atoms with E-state index in [1.54, 1.807) is 0 Å². The molecular formula is C43H42B16O. The summed E-state index contributed by atoms with van der Waals surface area (Å²) in [6, 6.07) is 20.2. The van der Waals surface area contributed by atoms with Gasteiger partial charge >= 0.3 is 0 Å². The fourth-order valence-corrected chi connectivity index (χ4v) is 11.9. The molecule has 9 aromatic rings. The van der Waals surface area contributed by atoms with Gasteiger partial charge in [-0.1, -0.05) is 74.0 Å². The predicted molar refractivity (Wildman–Crippen MR) is 315 cm³/mol. The molecule has 1 heterocycles. The number of furan rings is 1. The van der Waals surface area contributed by atoms with Crippen LogP contribution in [0.4, 0.5) is 0 Å². The van der Waals surface area contributed by atoms with Gasteiger partial charge in [0.2, 0.25) is 0 Å². The molecule has 0 spiro atoms. The molecule has 1 aliphatic carbocycles. The third kappa shape index (κ3) is 4.99. The number of benzene rings is 8. The lowest BCUT2D eigenvalue weighted by Gasteiger charge is -2.32. The zero-order valence-electron chi connectivity index (χ0n) is 38.7. The van der Waals surface area contributed by atoms with E-state index < -0.39 is 0 Å². The molecule has 0 saturated carbocycles. The Morgan fingerprint density at radius 1 is 0.317 bits per heavy atom. The molecule has 0 N–H and O–H groups in total. The van der Waals surface area contributed by atoms with Crippen molar-refractivity contribution < 1.29 is 4.42 Å². The van der Waals surface area contributed by atoms with Crippen molar-refractivity contribution in [2.45, 2.75) is 5.92 Å². The van der Waals surface area contributed by atoms with E-state index in [1.165, 1.54) is 169 Å². The maximum Gasteiger partial charge on any atom is 0.139 e. The topological polar surface area (TPSA) is 13.1 Å². The second kappa shape index (κ2) is 13.4. The van der Waals surface area contributed by atoms with Gasteiger partial charge in [-0.3, -0.25) is 0 Å². The largest absolute Gasteiger partial charge is 0.456 e. The van der Waals surface area contributed by atoms with Gasteiger partial charge < -0.3 is 4.42 Å². The van der Waals surface area contributed by atoms with E-state index in [1.807, 2.05) is 0 Å². The Morgan fingerprint density at radius 2 is 0.717 bits per heavy atom. The van der Waals surface area contributed by atoms with Crippen LogP contribution in [0.15, 0.2) is 59.0 Å². The fraction of sp³-hybridized carbons (Fsp3) is 0.0233. The molecule has 17 heteroatoms. The van der Waals surface area contributed by atoms with Crippen LogP contribution in [0.3, 0.4) is 0 Å². The molecule has 0 saturated heterocycles. The highest BCUT2D eigenvalue weighted by Crippen LogP contribution is 2.49. The molecule has 0 atom stereocenters. The summed E-state index contributed by atoms with van der Waals surface area (Å²) in [6.45, 7) is 0. The van der Waals surface area contributed by atoms with Crippen molar-refractivity contribution in [1.29, 1.82) is 0 Å². The summed E-state index contributed by atoms with van der Waals surface area (Å²) in [5.74, 6) is 0.0824. The molecule has 1 aromatic heterocycles. The predicted octanol–water partition coefficient (Wildman–Crippen LogP) is -16.0. The lowest BCUT2D eigenvalue weighted by molar-refractivity contribution is 0.669. The van der Waals surface area contributed by atoms with Crippen LogP contribution in [0.2, 0.25) is 0 Å². The van der Waals surface area contributed by atoms with Crippen molar-refractivity contribution in [3.05, 3.63) is 71.3 Å². The Hall–Kier alpha value is -4.62. The van der Waals surface area contributed by atoms with Gasteiger partial charge in [0.1, 0.15) is 137 Å². The van der Waals surface area contributed by atoms with Crippen LogP contribution in [0, 0.1) is 0 Å². The van der Waals surface area contributed by atoms with Crippen LogP contribution in [0.1, 0.15) is 22.6 Å². The molecule has 10 rings (SSSR count). The van der Waals surface area contributed by atoms with Crippen molar-refractivity contribution >= 4 is 267 Å². The first-order valence-corrected chi connectivity index (χ1v) is 22.0. The molecule has 0 fully saturated rings. The zero-order valence-corrected chi connectivity index (χ0v) is 38.7. The van der Waals surface area contributed by atoms with Gasteiger partial charge in [0.05, 0.1) is 0 Å². The fourth-order valence-electron chi connectivity index (χ4n) is 11.9. The average Bonchev–Trinajstić information content (AvgIpc) is 3.79. The van der Waals surface area contributed by atoms with E-state index in [2.05, 4.69) is 180 Å². The Labute approximate surface area is 369 Å². The van der Waals surface area contributed by atoms with E-state index in [-0.39, 0.29) is 5.92 Å². The van der Waals surface area contributed by atoms with Gasteiger partial charge in [-0.2, -0.15) is 0 Å². The highest BCUT2D eigenvalue weighted by molar-refractivity contribution is 6.72. The van der Waals surface area contributed by atoms with E-state index in [0.29, 0.717) is 0 Å². The van der Waals surface area contributed by atoms with Crippen molar-refractivity contribution in [2.24, 2.45) is 0 Å². The monoisotopic (exact) mass is 750 g/mol. The van der Waals surface area contributed by atoms with Gasteiger partial charge in [0.15, 0.2) is 0 Å². The lowest BCUT2D eigenvalue weighted by Crippen LogP contribution is -2.51. The van der Waals surface area contributed by atoms with Crippen LogP contribution in [0.5, 0.6) is 0 Å². The second-order valence-corrected chi connectivity index (χ2v) is 18.8. The lowest BCUT2D eigenvalue weighted by atomic mass is 9.57. The standard InChI is InChI=1S/C43H42B16O/c44-28-20-17(12-5-6-15-13(8-12)14-7-10-3-1-2-4-11(10)9-16(14)60-15)21-23(31(47)39(55)37(53)29(21)45)18(22(20)30(46)38(54)36(28)52)19-24-26(34(50)42(58)40(56)32(24)48)27-25(19)33(49)41(57)43(59)35(27)51/h1-9,19H,44-59H2. The summed E-state index contributed by atoms with van der Waals surface area (Å²) in [7, 11) is 38.0. The quantitative estimate of drug-likeness (QED) is 0.127. The third-order valence-electron chi connectivity index (χ3n) is 16.6. The van der Waals surface area contributed by atoms with Gasteiger partial charge in [-0.05, 0) is 95.5 Å². The van der Waals surface area contributed by atoms with Crippen molar-refractivity contribution in [3.8, 4) is 22.3 Å². The number of rotatable bonds is 2. The first-order valence-electron chi connectivity index (χ1n) is 22.0. The molecular weight excluding hydrogens is 705 g/mol. The van der Waals surface area contributed by atoms with E-state index in [9.17, 15) is 0 Å². The number of hydrogen-bond acceptors (Lipinski definition) is 1. The molecule has 0 radical (unpaired) electrons. The van der Waals surface area contributed by atoms with Gasteiger partial charge in [-0.15, -0.1) is 43.7 Å². The summed E-state index contributed by atoms with van der Waals surface area (Å²) >= 11 is 0. The zero-order chi connectivity index (χ0) is 42.7. The first-order chi connectivity index (χ1) is 28.5. The maximum atomic E-state index is 6.61. The van der Waals surface area contributed by atoms with Gasteiger partial charge in [0, 0.05) is 16.7 Å². The second-order valence-electron chi connectivity index (χ2n) is 18.8. The van der Waals surface area contributed by atoms with Crippen LogP contribution in [0.25, 0.3) is 76.5 Å². The minimum Gasteiger partial charge on any atom is -0.456 e. The highest BCUT2D eigenvalue weighted by atomic mass is 16.3. The number of hydrogen-bond donors (Lipinski definition) is 0. The molecule has 8 aromatic carbocycles. The summed E-state index contributed by atoms with van der Waals surface area (Å²) in [5.41, 5.74) is 34.5.